The van der Waals surface area contributed by atoms with Crippen LogP contribution in [0.3, 0.4) is 0 Å². The number of benzene rings is 2. The summed E-state index contributed by atoms with van der Waals surface area (Å²) >= 11 is 3.39. The van der Waals surface area contributed by atoms with Crippen LogP contribution >= 0.6 is 15.9 Å². The van der Waals surface area contributed by atoms with Crippen LogP contribution in [0.15, 0.2) is 53.0 Å². The summed E-state index contributed by atoms with van der Waals surface area (Å²) in [5.41, 5.74) is 2.77. The molecule has 0 heterocycles. The zero-order valence-corrected chi connectivity index (χ0v) is 13.3. The van der Waals surface area contributed by atoms with Crippen molar-refractivity contribution >= 4 is 21.9 Å². The van der Waals surface area contributed by atoms with Gasteiger partial charge in [-0.2, -0.15) is 0 Å². The number of aliphatic carboxylic acids is 1. The average Bonchev–Trinajstić information content (AvgIpc) is 2.45. The standard InChI is InChI=1S/C17H17BrO3/c1-12-9-14(18)7-8-15(12)16(17(19)20)11-21-10-13-5-3-2-4-6-13/h2-9,16H,10-11H2,1H3,(H,19,20)/t16-/m0/s1. The molecule has 0 amide bonds. The molecule has 4 heteroatoms. The summed E-state index contributed by atoms with van der Waals surface area (Å²) in [4.78, 5) is 11.5. The molecule has 2 aromatic rings. The lowest BCUT2D eigenvalue weighted by Crippen LogP contribution is -2.18. The number of halogens is 1. The first-order chi connectivity index (χ1) is 10.1. The molecule has 0 unspecified atom stereocenters. The van der Waals surface area contributed by atoms with Gasteiger partial charge in [0.05, 0.1) is 13.2 Å². The van der Waals surface area contributed by atoms with E-state index >= 15 is 0 Å². The second-order valence-electron chi connectivity index (χ2n) is 4.89. The van der Waals surface area contributed by atoms with Gasteiger partial charge in [-0.1, -0.05) is 52.3 Å². The number of aryl methyl sites for hydroxylation is 1. The second-order valence-corrected chi connectivity index (χ2v) is 5.81. The van der Waals surface area contributed by atoms with Gasteiger partial charge in [-0.3, -0.25) is 4.79 Å². The Morgan fingerprint density at radius 3 is 2.57 bits per heavy atom. The lowest BCUT2D eigenvalue weighted by molar-refractivity contribution is -0.140. The lowest BCUT2D eigenvalue weighted by atomic mass is 9.95. The van der Waals surface area contributed by atoms with Crippen molar-refractivity contribution < 1.29 is 14.6 Å². The third-order valence-electron chi connectivity index (χ3n) is 3.30. The van der Waals surface area contributed by atoms with Gasteiger partial charge in [0.2, 0.25) is 0 Å². The quantitative estimate of drug-likeness (QED) is 0.853. The first-order valence-corrected chi connectivity index (χ1v) is 7.47. The minimum atomic E-state index is -0.867. The van der Waals surface area contributed by atoms with Gasteiger partial charge in [0.15, 0.2) is 0 Å². The zero-order valence-electron chi connectivity index (χ0n) is 11.8. The highest BCUT2D eigenvalue weighted by molar-refractivity contribution is 9.10. The van der Waals surface area contributed by atoms with E-state index in [-0.39, 0.29) is 6.61 Å². The lowest BCUT2D eigenvalue weighted by Gasteiger charge is -2.16. The first-order valence-electron chi connectivity index (χ1n) is 6.68. The maximum Gasteiger partial charge on any atom is 0.313 e. The van der Waals surface area contributed by atoms with Gasteiger partial charge in [-0.25, -0.2) is 0 Å². The molecule has 0 fully saturated rings. The predicted molar refractivity (Wildman–Crippen MR) is 85.4 cm³/mol. The van der Waals surface area contributed by atoms with Crippen molar-refractivity contribution in [1.82, 2.24) is 0 Å². The van der Waals surface area contributed by atoms with Crippen LogP contribution in [0.5, 0.6) is 0 Å². The fourth-order valence-electron chi connectivity index (χ4n) is 2.19. The van der Waals surface area contributed by atoms with Gasteiger partial charge in [0.25, 0.3) is 0 Å². The zero-order chi connectivity index (χ0) is 15.2. The van der Waals surface area contributed by atoms with Crippen LogP contribution in [0.25, 0.3) is 0 Å². The van der Waals surface area contributed by atoms with E-state index in [1.54, 1.807) is 0 Å². The van der Waals surface area contributed by atoms with Crippen molar-refractivity contribution in [1.29, 1.82) is 0 Å². The molecular weight excluding hydrogens is 332 g/mol. The molecule has 0 spiro atoms. The molecule has 1 N–H and O–H groups in total. The molecule has 110 valence electrons. The number of carboxylic acids is 1. The smallest absolute Gasteiger partial charge is 0.313 e. The molecule has 1 atom stereocenters. The highest BCUT2D eigenvalue weighted by Gasteiger charge is 2.22. The van der Waals surface area contributed by atoms with Gasteiger partial charge in [0.1, 0.15) is 5.92 Å². The number of hydrogen-bond donors (Lipinski definition) is 1. The number of carbonyl (C=O) groups is 1. The van der Waals surface area contributed by atoms with Crippen molar-refractivity contribution in [3.05, 3.63) is 69.7 Å². The molecule has 0 saturated carbocycles. The molecule has 0 bridgehead atoms. The molecule has 3 nitrogen and oxygen atoms in total. The molecule has 21 heavy (non-hydrogen) atoms. The number of rotatable bonds is 6. The fraction of sp³-hybridized carbons (Fsp3) is 0.235. The first kappa shape index (κ1) is 15.7. The normalized spacial score (nSPS) is 12.1. The summed E-state index contributed by atoms with van der Waals surface area (Å²) in [5.74, 6) is -1.52. The van der Waals surface area contributed by atoms with E-state index < -0.39 is 11.9 Å². The van der Waals surface area contributed by atoms with Crippen molar-refractivity contribution in [3.8, 4) is 0 Å². The highest BCUT2D eigenvalue weighted by atomic mass is 79.9. The van der Waals surface area contributed by atoms with Gasteiger partial charge >= 0.3 is 5.97 Å². The summed E-state index contributed by atoms with van der Waals surface area (Å²) in [5, 5.41) is 9.43. The molecule has 2 rings (SSSR count). The third-order valence-corrected chi connectivity index (χ3v) is 3.79. The van der Waals surface area contributed by atoms with Crippen molar-refractivity contribution in [2.45, 2.75) is 19.4 Å². The Morgan fingerprint density at radius 1 is 1.24 bits per heavy atom. The molecular formula is C17H17BrO3. The van der Waals surface area contributed by atoms with Crippen LogP contribution in [0.2, 0.25) is 0 Å². The van der Waals surface area contributed by atoms with E-state index in [4.69, 9.17) is 4.74 Å². The molecule has 0 radical (unpaired) electrons. The van der Waals surface area contributed by atoms with Gasteiger partial charge in [-0.15, -0.1) is 0 Å². The summed E-state index contributed by atoms with van der Waals surface area (Å²) in [7, 11) is 0. The van der Waals surface area contributed by atoms with E-state index in [2.05, 4.69) is 15.9 Å². The van der Waals surface area contributed by atoms with Crippen molar-refractivity contribution in [2.75, 3.05) is 6.61 Å². The number of hydrogen-bond acceptors (Lipinski definition) is 2. The summed E-state index contributed by atoms with van der Waals surface area (Å²) < 4.78 is 6.53. The molecule has 0 aliphatic rings. The SMILES string of the molecule is Cc1cc(Br)ccc1[C@H](COCc1ccccc1)C(=O)O. The van der Waals surface area contributed by atoms with Crippen LogP contribution in [0.1, 0.15) is 22.6 Å². The fourth-order valence-corrected chi connectivity index (χ4v) is 2.67. The Morgan fingerprint density at radius 2 is 1.95 bits per heavy atom. The van der Waals surface area contributed by atoms with Gasteiger partial charge in [0, 0.05) is 4.47 Å². The van der Waals surface area contributed by atoms with Crippen LogP contribution in [-0.2, 0) is 16.1 Å². The monoisotopic (exact) mass is 348 g/mol. The Kier molecular flexibility index (Phi) is 5.53. The van der Waals surface area contributed by atoms with E-state index in [1.807, 2.05) is 55.5 Å². The van der Waals surface area contributed by atoms with E-state index in [1.165, 1.54) is 0 Å². The van der Waals surface area contributed by atoms with Crippen molar-refractivity contribution in [3.63, 3.8) is 0 Å². The van der Waals surface area contributed by atoms with Crippen LogP contribution in [0, 0.1) is 6.92 Å². The van der Waals surface area contributed by atoms with E-state index in [0.29, 0.717) is 6.61 Å². The summed E-state index contributed by atoms with van der Waals surface area (Å²) in [6.07, 6.45) is 0. The van der Waals surface area contributed by atoms with E-state index in [0.717, 1.165) is 21.2 Å². The molecule has 0 aliphatic carbocycles. The maximum atomic E-state index is 11.5. The number of ether oxygens (including phenoxy) is 1. The predicted octanol–water partition coefficient (Wildman–Crippen LogP) is 4.14. The topological polar surface area (TPSA) is 46.5 Å². The Hall–Kier alpha value is -1.65. The maximum absolute atomic E-state index is 11.5. The van der Waals surface area contributed by atoms with Crippen LogP contribution in [0.4, 0.5) is 0 Å². The molecule has 0 saturated heterocycles. The minimum Gasteiger partial charge on any atom is -0.481 e. The Labute approximate surface area is 132 Å². The van der Waals surface area contributed by atoms with Crippen LogP contribution in [-0.4, -0.2) is 17.7 Å². The highest BCUT2D eigenvalue weighted by Crippen LogP contribution is 2.24. The average molecular weight is 349 g/mol. The van der Waals surface area contributed by atoms with Gasteiger partial charge in [-0.05, 0) is 35.7 Å². The summed E-state index contributed by atoms with van der Waals surface area (Å²) in [6, 6.07) is 15.3. The molecule has 0 aromatic heterocycles. The van der Waals surface area contributed by atoms with Gasteiger partial charge < -0.3 is 9.84 Å². The Bertz CT molecular complexity index is 611. The van der Waals surface area contributed by atoms with E-state index in [9.17, 15) is 9.90 Å². The second kappa shape index (κ2) is 7.38. The molecule has 2 aromatic carbocycles. The van der Waals surface area contributed by atoms with Crippen LogP contribution < -0.4 is 0 Å². The number of carboxylic acid groups (broad SMARTS) is 1. The molecule has 0 aliphatic heterocycles. The Balaban J connectivity index is 2.04. The minimum absolute atomic E-state index is 0.159. The largest absolute Gasteiger partial charge is 0.481 e. The van der Waals surface area contributed by atoms with Crippen molar-refractivity contribution in [2.24, 2.45) is 0 Å². The summed E-state index contributed by atoms with van der Waals surface area (Å²) in [6.45, 7) is 2.49. The third kappa shape index (κ3) is 4.41.